The Morgan fingerprint density at radius 2 is 1.78 bits per heavy atom. The van der Waals surface area contributed by atoms with Crippen molar-refractivity contribution in [3.05, 3.63) is 34.6 Å². The van der Waals surface area contributed by atoms with Gasteiger partial charge in [0.2, 0.25) is 0 Å². The predicted octanol–water partition coefficient (Wildman–Crippen LogP) is 4.84. The van der Waals surface area contributed by atoms with E-state index in [4.69, 9.17) is 0 Å². The molecule has 0 fully saturated rings. The lowest BCUT2D eigenvalue weighted by Crippen LogP contribution is -2.04. The minimum Gasteiger partial charge on any atom is -0.388 e. The number of unbranched alkanes of at least 4 members (excludes halogenated alkanes) is 4. The normalized spacial score (nSPS) is 12.7. The quantitative estimate of drug-likeness (QED) is 0.689. The summed E-state index contributed by atoms with van der Waals surface area (Å²) in [6.07, 6.45) is 5.75. The van der Waals surface area contributed by atoms with Gasteiger partial charge in [0, 0.05) is 5.56 Å². The molecule has 0 radical (unpaired) electrons. The van der Waals surface area contributed by atoms with Gasteiger partial charge in [-0.15, -0.1) is 0 Å². The van der Waals surface area contributed by atoms with Crippen molar-refractivity contribution in [1.82, 2.24) is 0 Å². The predicted molar refractivity (Wildman–Crippen MR) is 74.2 cm³/mol. The van der Waals surface area contributed by atoms with E-state index in [1.807, 2.05) is 19.9 Å². The number of halogens is 1. The third-order valence-electron chi connectivity index (χ3n) is 3.40. The number of hydrogen-bond donors (Lipinski definition) is 1. The van der Waals surface area contributed by atoms with Crippen LogP contribution in [0.3, 0.4) is 0 Å². The van der Waals surface area contributed by atoms with Gasteiger partial charge in [-0.25, -0.2) is 4.39 Å². The van der Waals surface area contributed by atoms with Gasteiger partial charge in [-0.1, -0.05) is 45.1 Å². The molecule has 1 N–H and O–H groups in total. The Hall–Kier alpha value is -0.890. The summed E-state index contributed by atoms with van der Waals surface area (Å²) in [4.78, 5) is 0. The highest BCUT2D eigenvalue weighted by atomic mass is 19.1. The van der Waals surface area contributed by atoms with Gasteiger partial charge in [0.25, 0.3) is 0 Å². The van der Waals surface area contributed by atoms with E-state index in [-0.39, 0.29) is 5.82 Å². The summed E-state index contributed by atoms with van der Waals surface area (Å²) < 4.78 is 13.8. The first-order valence-corrected chi connectivity index (χ1v) is 7.01. The highest BCUT2D eigenvalue weighted by molar-refractivity contribution is 5.33. The number of aliphatic hydroxyl groups is 1. The summed E-state index contributed by atoms with van der Waals surface area (Å²) in [7, 11) is 0. The summed E-state index contributed by atoms with van der Waals surface area (Å²) in [5, 5.41) is 10.1. The monoisotopic (exact) mass is 252 g/mol. The molecular formula is C16H25FO. The maximum Gasteiger partial charge on any atom is 0.129 e. The summed E-state index contributed by atoms with van der Waals surface area (Å²) in [5.41, 5.74) is 2.24. The second-order valence-electron chi connectivity index (χ2n) is 5.20. The van der Waals surface area contributed by atoms with Crippen LogP contribution in [0.25, 0.3) is 0 Å². The molecule has 0 aliphatic heterocycles. The summed E-state index contributed by atoms with van der Waals surface area (Å²) in [5.74, 6) is -0.270. The first-order chi connectivity index (χ1) is 8.56. The van der Waals surface area contributed by atoms with Crippen molar-refractivity contribution in [3.8, 4) is 0 Å². The van der Waals surface area contributed by atoms with Crippen LogP contribution in [0.5, 0.6) is 0 Å². The Bertz CT molecular complexity index is 350. The number of aryl methyl sites for hydroxylation is 2. The lowest BCUT2D eigenvalue weighted by atomic mass is 9.96. The summed E-state index contributed by atoms with van der Waals surface area (Å²) in [6, 6.07) is 3.43. The van der Waals surface area contributed by atoms with Crippen LogP contribution in [0, 0.1) is 19.7 Å². The average Bonchev–Trinajstić information content (AvgIpc) is 2.27. The van der Waals surface area contributed by atoms with E-state index in [0.29, 0.717) is 12.0 Å². The Morgan fingerprint density at radius 1 is 1.11 bits per heavy atom. The van der Waals surface area contributed by atoms with E-state index in [9.17, 15) is 9.50 Å². The van der Waals surface area contributed by atoms with Gasteiger partial charge in [-0.2, -0.15) is 0 Å². The van der Waals surface area contributed by atoms with Crippen molar-refractivity contribution >= 4 is 0 Å². The largest absolute Gasteiger partial charge is 0.388 e. The molecule has 0 bridgehead atoms. The van der Waals surface area contributed by atoms with E-state index in [0.717, 1.165) is 24.0 Å². The molecule has 2 heteroatoms. The fraction of sp³-hybridized carbons (Fsp3) is 0.625. The van der Waals surface area contributed by atoms with Crippen LogP contribution in [0.15, 0.2) is 12.1 Å². The maximum absolute atomic E-state index is 13.8. The molecule has 0 heterocycles. The van der Waals surface area contributed by atoms with Crippen molar-refractivity contribution in [1.29, 1.82) is 0 Å². The second-order valence-corrected chi connectivity index (χ2v) is 5.20. The Labute approximate surface area is 110 Å². The van der Waals surface area contributed by atoms with Crippen molar-refractivity contribution in [2.45, 2.75) is 65.4 Å². The topological polar surface area (TPSA) is 20.2 Å². The summed E-state index contributed by atoms with van der Waals surface area (Å²) in [6.45, 7) is 5.92. The van der Waals surface area contributed by atoms with Gasteiger partial charge in [0.15, 0.2) is 0 Å². The number of benzene rings is 1. The number of aliphatic hydroxyl groups excluding tert-OH is 1. The van der Waals surface area contributed by atoms with Crippen LogP contribution in [0.1, 0.15) is 68.2 Å². The lowest BCUT2D eigenvalue weighted by Gasteiger charge is -2.15. The van der Waals surface area contributed by atoms with Crippen molar-refractivity contribution in [2.24, 2.45) is 0 Å². The molecule has 102 valence electrons. The molecule has 0 saturated heterocycles. The smallest absolute Gasteiger partial charge is 0.129 e. The van der Waals surface area contributed by atoms with E-state index >= 15 is 0 Å². The molecule has 18 heavy (non-hydrogen) atoms. The van der Waals surface area contributed by atoms with Crippen LogP contribution >= 0.6 is 0 Å². The van der Waals surface area contributed by atoms with Gasteiger partial charge in [-0.05, 0) is 37.5 Å². The van der Waals surface area contributed by atoms with Gasteiger partial charge in [0.1, 0.15) is 5.82 Å². The molecule has 1 aromatic rings. The molecule has 0 aliphatic carbocycles. The molecule has 1 unspecified atom stereocenters. The van der Waals surface area contributed by atoms with Crippen LogP contribution in [-0.2, 0) is 0 Å². The summed E-state index contributed by atoms with van der Waals surface area (Å²) >= 11 is 0. The molecule has 0 aliphatic rings. The molecule has 1 rings (SSSR count). The fourth-order valence-electron chi connectivity index (χ4n) is 2.43. The zero-order valence-electron chi connectivity index (χ0n) is 11.8. The third kappa shape index (κ3) is 4.41. The molecule has 0 saturated carbocycles. The molecule has 0 amide bonds. The zero-order valence-corrected chi connectivity index (χ0v) is 11.8. The van der Waals surface area contributed by atoms with Crippen molar-refractivity contribution in [2.75, 3.05) is 0 Å². The van der Waals surface area contributed by atoms with Crippen molar-refractivity contribution in [3.63, 3.8) is 0 Å². The molecule has 1 nitrogen and oxygen atoms in total. The molecule has 0 aromatic heterocycles. The fourth-order valence-corrected chi connectivity index (χ4v) is 2.43. The first kappa shape index (κ1) is 15.2. The van der Waals surface area contributed by atoms with E-state index < -0.39 is 6.10 Å². The van der Waals surface area contributed by atoms with E-state index in [2.05, 4.69) is 6.92 Å². The average molecular weight is 252 g/mol. The van der Waals surface area contributed by atoms with Crippen LogP contribution in [0.4, 0.5) is 4.39 Å². The van der Waals surface area contributed by atoms with Gasteiger partial charge < -0.3 is 5.11 Å². The highest BCUT2D eigenvalue weighted by Gasteiger charge is 2.15. The minimum atomic E-state index is -0.660. The Morgan fingerprint density at radius 3 is 2.39 bits per heavy atom. The zero-order chi connectivity index (χ0) is 13.5. The van der Waals surface area contributed by atoms with Crippen LogP contribution in [0.2, 0.25) is 0 Å². The standard InChI is InChI=1S/C16H25FO/c1-4-5-6-7-8-9-15(18)16-13(3)10-12(2)11-14(16)17/h10-11,15,18H,4-9H2,1-3H3. The molecular weight excluding hydrogens is 227 g/mol. The molecule has 1 atom stereocenters. The molecule has 1 aromatic carbocycles. The van der Waals surface area contributed by atoms with Crippen LogP contribution < -0.4 is 0 Å². The number of hydrogen-bond acceptors (Lipinski definition) is 1. The van der Waals surface area contributed by atoms with Crippen LogP contribution in [-0.4, -0.2) is 5.11 Å². The Balaban J connectivity index is 2.53. The lowest BCUT2D eigenvalue weighted by molar-refractivity contribution is 0.158. The first-order valence-electron chi connectivity index (χ1n) is 7.01. The number of rotatable bonds is 7. The van der Waals surface area contributed by atoms with E-state index in [1.54, 1.807) is 0 Å². The van der Waals surface area contributed by atoms with Gasteiger partial charge >= 0.3 is 0 Å². The highest BCUT2D eigenvalue weighted by Crippen LogP contribution is 2.26. The maximum atomic E-state index is 13.8. The van der Waals surface area contributed by atoms with Crippen molar-refractivity contribution < 1.29 is 9.50 Å². The minimum absolute atomic E-state index is 0.270. The molecule has 0 spiro atoms. The SMILES string of the molecule is CCCCCCCC(O)c1c(C)cc(C)cc1F. The van der Waals surface area contributed by atoms with Gasteiger partial charge in [0.05, 0.1) is 6.10 Å². The second kappa shape index (κ2) is 7.52. The van der Waals surface area contributed by atoms with Gasteiger partial charge in [-0.3, -0.25) is 0 Å². The third-order valence-corrected chi connectivity index (χ3v) is 3.40. The Kier molecular flexibility index (Phi) is 6.34. The van der Waals surface area contributed by atoms with E-state index in [1.165, 1.54) is 25.3 Å².